The largest absolute Gasteiger partial charge is 0.444 e. The summed E-state index contributed by atoms with van der Waals surface area (Å²) in [7, 11) is 0. The lowest BCUT2D eigenvalue weighted by atomic mass is 10.1. The van der Waals surface area contributed by atoms with E-state index in [0.29, 0.717) is 5.56 Å². The zero-order valence-electron chi connectivity index (χ0n) is 23.2. The van der Waals surface area contributed by atoms with Gasteiger partial charge in [-0.25, -0.2) is 4.79 Å². The molecular formula is C31H37N3O6. The van der Waals surface area contributed by atoms with E-state index in [4.69, 9.17) is 9.47 Å². The van der Waals surface area contributed by atoms with E-state index < -0.39 is 36.0 Å². The van der Waals surface area contributed by atoms with Crippen LogP contribution in [-0.4, -0.2) is 78.9 Å². The SMILES string of the molecule is CC(C)(C)OC(=O)NC[C@H](NC(=O)c1ccc(C=CC#Cc2ccc(CN3CCOCC3)cc2)cc1)C(=O)CO. The van der Waals surface area contributed by atoms with Gasteiger partial charge in [0.25, 0.3) is 5.91 Å². The van der Waals surface area contributed by atoms with E-state index >= 15 is 0 Å². The summed E-state index contributed by atoms with van der Waals surface area (Å²) in [5.41, 5.74) is 2.64. The van der Waals surface area contributed by atoms with Crippen molar-refractivity contribution in [2.45, 2.75) is 39.0 Å². The van der Waals surface area contributed by atoms with Gasteiger partial charge < -0.3 is 25.2 Å². The Hall–Kier alpha value is -3.97. The molecule has 2 amide bonds. The van der Waals surface area contributed by atoms with Gasteiger partial charge in [-0.15, -0.1) is 0 Å². The molecule has 0 aliphatic carbocycles. The minimum Gasteiger partial charge on any atom is -0.444 e. The van der Waals surface area contributed by atoms with Crippen LogP contribution in [0.2, 0.25) is 0 Å². The number of morpholine rings is 1. The Balaban J connectivity index is 1.51. The van der Waals surface area contributed by atoms with Crippen LogP contribution in [0.1, 0.15) is 47.8 Å². The fraction of sp³-hybridized carbons (Fsp3) is 0.387. The number of aliphatic hydroxyl groups excluding tert-OH is 1. The van der Waals surface area contributed by atoms with Crippen molar-refractivity contribution in [3.8, 4) is 11.8 Å². The molecule has 0 spiro atoms. The molecule has 2 aromatic rings. The molecule has 1 heterocycles. The molecule has 3 rings (SSSR count). The fourth-order valence-electron chi connectivity index (χ4n) is 3.82. The van der Waals surface area contributed by atoms with Crippen molar-refractivity contribution in [3.63, 3.8) is 0 Å². The van der Waals surface area contributed by atoms with Gasteiger partial charge in [-0.05, 0) is 68.3 Å². The highest BCUT2D eigenvalue weighted by Crippen LogP contribution is 2.10. The maximum atomic E-state index is 12.7. The number of carbonyl (C=O) groups is 3. The second-order valence-electron chi connectivity index (χ2n) is 10.3. The molecule has 3 N–H and O–H groups in total. The van der Waals surface area contributed by atoms with Gasteiger partial charge in [0.1, 0.15) is 18.2 Å². The summed E-state index contributed by atoms with van der Waals surface area (Å²) in [6.45, 7) is 8.53. The highest BCUT2D eigenvalue weighted by atomic mass is 16.6. The van der Waals surface area contributed by atoms with E-state index in [1.165, 1.54) is 5.56 Å². The summed E-state index contributed by atoms with van der Waals surface area (Å²) in [4.78, 5) is 39.0. The third-order valence-corrected chi connectivity index (χ3v) is 5.91. The Morgan fingerprint density at radius 1 is 1.07 bits per heavy atom. The molecule has 40 heavy (non-hydrogen) atoms. The predicted molar refractivity (Wildman–Crippen MR) is 152 cm³/mol. The van der Waals surface area contributed by atoms with Crippen molar-refractivity contribution in [1.29, 1.82) is 0 Å². The first-order valence-electron chi connectivity index (χ1n) is 13.2. The number of nitrogens with one attached hydrogen (secondary N) is 2. The van der Waals surface area contributed by atoms with E-state index in [1.807, 2.05) is 18.2 Å². The first-order chi connectivity index (χ1) is 19.1. The number of hydrogen-bond acceptors (Lipinski definition) is 7. The van der Waals surface area contributed by atoms with Gasteiger partial charge in [-0.2, -0.15) is 0 Å². The van der Waals surface area contributed by atoms with Crippen LogP contribution < -0.4 is 10.6 Å². The number of Topliss-reactive ketones (excluding diaryl/α,β-unsaturated/α-hetero) is 1. The van der Waals surface area contributed by atoms with Gasteiger partial charge in [-0.3, -0.25) is 14.5 Å². The third kappa shape index (κ3) is 10.7. The molecule has 0 bridgehead atoms. The van der Waals surface area contributed by atoms with Crippen LogP contribution in [0.4, 0.5) is 4.79 Å². The topological polar surface area (TPSA) is 117 Å². The fourth-order valence-corrected chi connectivity index (χ4v) is 3.82. The first kappa shape index (κ1) is 30.6. The van der Waals surface area contributed by atoms with Crippen LogP contribution in [0, 0.1) is 11.8 Å². The van der Waals surface area contributed by atoms with Crippen LogP contribution in [0.5, 0.6) is 0 Å². The molecule has 2 aromatic carbocycles. The van der Waals surface area contributed by atoms with E-state index in [-0.39, 0.29) is 6.54 Å². The van der Waals surface area contributed by atoms with E-state index in [2.05, 4.69) is 39.5 Å². The van der Waals surface area contributed by atoms with Gasteiger partial charge in [0, 0.05) is 37.3 Å². The average molecular weight is 548 g/mol. The number of carbonyl (C=O) groups excluding carboxylic acids is 3. The highest BCUT2D eigenvalue weighted by molar-refractivity contribution is 5.98. The molecule has 0 saturated carbocycles. The number of alkyl carbamates (subject to hydrolysis) is 1. The van der Waals surface area contributed by atoms with Crippen LogP contribution in [-0.2, 0) is 20.8 Å². The zero-order valence-corrected chi connectivity index (χ0v) is 23.2. The van der Waals surface area contributed by atoms with Crippen molar-refractivity contribution in [2.75, 3.05) is 39.5 Å². The van der Waals surface area contributed by atoms with E-state index in [0.717, 1.165) is 44.0 Å². The lowest BCUT2D eigenvalue weighted by molar-refractivity contribution is -0.123. The smallest absolute Gasteiger partial charge is 0.407 e. The molecule has 1 aliphatic rings. The summed E-state index contributed by atoms with van der Waals surface area (Å²) in [6, 6.07) is 13.9. The standard InChI is InChI=1S/C31H37N3O6/c1-31(2,3)40-30(38)32-20-27(28(36)22-35)33-29(37)26-14-12-24(13-15-26)7-5-4-6-23-8-10-25(11-9-23)21-34-16-18-39-19-17-34/h5,7-15,27,35H,16-22H2,1-3H3,(H,32,38)(H,33,37)/t27-/m0/s1. The molecule has 1 saturated heterocycles. The molecule has 1 aliphatic heterocycles. The van der Waals surface area contributed by atoms with Crippen molar-refractivity contribution in [3.05, 3.63) is 76.9 Å². The van der Waals surface area contributed by atoms with E-state index in [9.17, 15) is 19.5 Å². The second-order valence-corrected chi connectivity index (χ2v) is 10.3. The minimum atomic E-state index is -1.10. The van der Waals surface area contributed by atoms with Crippen LogP contribution >= 0.6 is 0 Å². The number of benzene rings is 2. The summed E-state index contributed by atoms with van der Waals surface area (Å²) in [5.74, 6) is 5.01. The van der Waals surface area contributed by atoms with Crippen LogP contribution in [0.15, 0.2) is 54.6 Å². The number of aliphatic hydroxyl groups is 1. The first-order valence-corrected chi connectivity index (χ1v) is 13.2. The monoisotopic (exact) mass is 547 g/mol. The summed E-state index contributed by atoms with van der Waals surface area (Å²) < 4.78 is 10.5. The van der Waals surface area contributed by atoms with Crippen LogP contribution in [0.25, 0.3) is 6.08 Å². The van der Waals surface area contributed by atoms with Crippen LogP contribution in [0.3, 0.4) is 0 Å². The molecule has 9 heteroatoms. The van der Waals surface area contributed by atoms with Crippen molar-refractivity contribution in [2.24, 2.45) is 0 Å². The van der Waals surface area contributed by atoms with Gasteiger partial charge in [-0.1, -0.05) is 36.1 Å². The van der Waals surface area contributed by atoms with Gasteiger partial charge >= 0.3 is 6.09 Å². The molecule has 212 valence electrons. The summed E-state index contributed by atoms with van der Waals surface area (Å²) in [5, 5.41) is 14.3. The Morgan fingerprint density at radius 2 is 1.75 bits per heavy atom. The normalized spacial score (nSPS) is 14.6. The Kier molecular flexibility index (Phi) is 11.5. The number of hydrogen-bond donors (Lipinski definition) is 3. The van der Waals surface area contributed by atoms with Crippen molar-refractivity contribution >= 4 is 23.9 Å². The number of ketones is 1. The average Bonchev–Trinajstić information content (AvgIpc) is 2.93. The number of rotatable bonds is 9. The Labute approximate surface area is 235 Å². The number of nitrogens with zero attached hydrogens (tertiary/aromatic N) is 1. The number of amides is 2. The molecular weight excluding hydrogens is 510 g/mol. The summed E-state index contributed by atoms with van der Waals surface area (Å²) >= 11 is 0. The lowest BCUT2D eigenvalue weighted by Gasteiger charge is -2.26. The second kappa shape index (κ2) is 15.0. The molecule has 0 radical (unpaired) electrons. The van der Waals surface area contributed by atoms with Gasteiger partial charge in [0.05, 0.1) is 13.2 Å². The zero-order chi connectivity index (χ0) is 29.0. The Morgan fingerprint density at radius 3 is 2.38 bits per heavy atom. The number of ether oxygens (including phenoxy) is 2. The summed E-state index contributed by atoms with van der Waals surface area (Å²) in [6.07, 6.45) is 2.86. The quantitative estimate of drug-likeness (QED) is 0.414. The van der Waals surface area contributed by atoms with Gasteiger partial charge in [0.15, 0.2) is 5.78 Å². The maximum Gasteiger partial charge on any atom is 0.407 e. The van der Waals surface area contributed by atoms with E-state index in [1.54, 1.807) is 51.1 Å². The van der Waals surface area contributed by atoms with Crippen molar-refractivity contribution < 1.29 is 29.0 Å². The van der Waals surface area contributed by atoms with Gasteiger partial charge in [0.2, 0.25) is 0 Å². The molecule has 0 aromatic heterocycles. The Bertz CT molecular complexity index is 1230. The maximum absolute atomic E-state index is 12.7. The molecule has 9 nitrogen and oxygen atoms in total. The number of allylic oxidation sites excluding steroid dienone is 1. The molecule has 1 fully saturated rings. The lowest BCUT2D eigenvalue weighted by Crippen LogP contribution is -2.50. The molecule has 1 atom stereocenters. The highest BCUT2D eigenvalue weighted by Gasteiger charge is 2.23. The van der Waals surface area contributed by atoms with Crippen molar-refractivity contribution in [1.82, 2.24) is 15.5 Å². The molecule has 0 unspecified atom stereocenters. The minimum absolute atomic E-state index is 0.212. The third-order valence-electron chi connectivity index (χ3n) is 5.91. The predicted octanol–water partition coefficient (Wildman–Crippen LogP) is 2.77.